The van der Waals surface area contributed by atoms with Crippen molar-refractivity contribution < 1.29 is 14.0 Å². The molecule has 2 amide bonds. The number of benzene rings is 1. The zero-order chi connectivity index (χ0) is 14.1. The van der Waals surface area contributed by atoms with Gasteiger partial charge in [-0.3, -0.25) is 9.59 Å². The molecule has 1 aliphatic rings. The van der Waals surface area contributed by atoms with E-state index in [1.165, 1.54) is 0 Å². The van der Waals surface area contributed by atoms with Crippen LogP contribution in [-0.4, -0.2) is 18.4 Å². The van der Waals surface area contributed by atoms with Crippen LogP contribution in [0, 0.1) is 5.92 Å². The Labute approximate surface area is 116 Å². The summed E-state index contributed by atoms with van der Waals surface area (Å²) in [6.07, 6.45) is 4.34. The number of hydrogen-bond donors (Lipinski definition) is 2. The van der Waals surface area contributed by atoms with Crippen LogP contribution in [0.4, 0.5) is 0 Å². The predicted octanol–water partition coefficient (Wildman–Crippen LogP) is 1.60. The van der Waals surface area contributed by atoms with Gasteiger partial charge in [0.15, 0.2) is 0 Å². The third-order valence-corrected chi connectivity index (χ3v) is 3.58. The van der Waals surface area contributed by atoms with Gasteiger partial charge >= 0.3 is 0 Å². The number of nitrogens with one attached hydrogen (secondary N) is 1. The standard InChI is InChI=1S/C15H16N2O3/c16-14(18)10-3-4-13-12(7-10)11(8-20-13)5-6-17-15(19)9-1-2-9/h3-4,7-9H,1-2,5-6H2,(H2,16,18)(H,17,19). The molecule has 0 saturated heterocycles. The van der Waals surface area contributed by atoms with E-state index < -0.39 is 5.91 Å². The normalized spacial score (nSPS) is 14.4. The number of amides is 2. The summed E-state index contributed by atoms with van der Waals surface area (Å²) in [7, 11) is 0. The Balaban J connectivity index is 1.71. The maximum Gasteiger partial charge on any atom is 0.248 e. The maximum absolute atomic E-state index is 11.5. The summed E-state index contributed by atoms with van der Waals surface area (Å²) in [4.78, 5) is 22.7. The molecule has 5 heteroatoms. The fourth-order valence-electron chi connectivity index (χ4n) is 2.24. The molecule has 3 N–H and O–H groups in total. The van der Waals surface area contributed by atoms with Crippen molar-refractivity contribution in [3.05, 3.63) is 35.6 Å². The van der Waals surface area contributed by atoms with Crippen molar-refractivity contribution in [3.63, 3.8) is 0 Å². The van der Waals surface area contributed by atoms with Crippen molar-refractivity contribution in [3.8, 4) is 0 Å². The van der Waals surface area contributed by atoms with Gasteiger partial charge in [0.2, 0.25) is 11.8 Å². The van der Waals surface area contributed by atoms with Crippen LogP contribution in [0.25, 0.3) is 11.0 Å². The second-order valence-electron chi connectivity index (χ2n) is 5.15. The van der Waals surface area contributed by atoms with E-state index in [0.717, 1.165) is 29.4 Å². The number of nitrogens with two attached hydrogens (primary N) is 1. The second-order valence-corrected chi connectivity index (χ2v) is 5.15. The number of furan rings is 1. The van der Waals surface area contributed by atoms with Crippen LogP contribution in [0.15, 0.2) is 28.9 Å². The summed E-state index contributed by atoms with van der Waals surface area (Å²) in [6, 6.07) is 5.12. The molecule has 0 radical (unpaired) electrons. The lowest BCUT2D eigenvalue weighted by atomic mass is 10.1. The highest BCUT2D eigenvalue weighted by Gasteiger charge is 2.29. The van der Waals surface area contributed by atoms with Gasteiger partial charge in [-0.05, 0) is 43.0 Å². The Bertz CT molecular complexity index is 671. The summed E-state index contributed by atoms with van der Waals surface area (Å²) >= 11 is 0. The first kappa shape index (κ1) is 12.7. The average Bonchev–Trinajstić information content (AvgIpc) is 3.21. The van der Waals surface area contributed by atoms with E-state index in [1.807, 2.05) is 0 Å². The Morgan fingerprint density at radius 3 is 2.85 bits per heavy atom. The highest BCUT2D eigenvalue weighted by atomic mass is 16.3. The molecule has 0 aliphatic heterocycles. The number of carbonyl (C=O) groups is 2. The van der Waals surface area contributed by atoms with Crippen molar-refractivity contribution >= 4 is 22.8 Å². The second kappa shape index (κ2) is 5.00. The summed E-state index contributed by atoms with van der Waals surface area (Å²) < 4.78 is 5.44. The minimum atomic E-state index is -0.457. The first-order chi connectivity index (χ1) is 9.65. The first-order valence-corrected chi connectivity index (χ1v) is 6.73. The van der Waals surface area contributed by atoms with Crippen molar-refractivity contribution in [2.75, 3.05) is 6.54 Å². The van der Waals surface area contributed by atoms with Crippen LogP contribution in [-0.2, 0) is 11.2 Å². The molecule has 1 saturated carbocycles. The van der Waals surface area contributed by atoms with E-state index in [4.69, 9.17) is 10.2 Å². The number of primary amides is 1. The lowest BCUT2D eigenvalue weighted by Crippen LogP contribution is -2.26. The smallest absolute Gasteiger partial charge is 0.248 e. The molecule has 1 aliphatic carbocycles. The topological polar surface area (TPSA) is 85.3 Å². The minimum absolute atomic E-state index is 0.135. The van der Waals surface area contributed by atoms with E-state index in [9.17, 15) is 9.59 Å². The summed E-state index contributed by atoms with van der Waals surface area (Å²) in [6.45, 7) is 0.574. The molecule has 1 heterocycles. The molecule has 0 unspecified atom stereocenters. The highest BCUT2D eigenvalue weighted by Crippen LogP contribution is 2.28. The molecule has 2 aromatic rings. The number of fused-ring (bicyclic) bond motifs is 1. The molecule has 1 aromatic heterocycles. The molecule has 20 heavy (non-hydrogen) atoms. The Morgan fingerprint density at radius 1 is 1.35 bits per heavy atom. The summed E-state index contributed by atoms with van der Waals surface area (Å²) in [5.74, 6) is -0.103. The minimum Gasteiger partial charge on any atom is -0.464 e. The summed E-state index contributed by atoms with van der Waals surface area (Å²) in [5, 5.41) is 3.79. The quantitative estimate of drug-likeness (QED) is 0.867. The monoisotopic (exact) mass is 272 g/mol. The number of rotatable bonds is 5. The molecule has 5 nitrogen and oxygen atoms in total. The van der Waals surface area contributed by atoms with Gasteiger partial charge < -0.3 is 15.5 Å². The molecule has 1 fully saturated rings. The van der Waals surface area contributed by atoms with E-state index in [1.54, 1.807) is 24.5 Å². The maximum atomic E-state index is 11.5. The zero-order valence-electron chi connectivity index (χ0n) is 11.0. The number of hydrogen-bond acceptors (Lipinski definition) is 3. The number of carbonyl (C=O) groups excluding carboxylic acids is 2. The third-order valence-electron chi connectivity index (χ3n) is 3.58. The lowest BCUT2D eigenvalue weighted by molar-refractivity contribution is -0.122. The van der Waals surface area contributed by atoms with Gasteiger partial charge in [-0.1, -0.05) is 0 Å². The molecule has 1 aromatic carbocycles. The van der Waals surface area contributed by atoms with Gasteiger partial charge in [0, 0.05) is 23.4 Å². The van der Waals surface area contributed by atoms with Gasteiger partial charge in [0.05, 0.1) is 6.26 Å². The van der Waals surface area contributed by atoms with E-state index in [2.05, 4.69) is 5.32 Å². The largest absolute Gasteiger partial charge is 0.464 e. The van der Waals surface area contributed by atoms with Crippen molar-refractivity contribution in [1.29, 1.82) is 0 Å². The summed E-state index contributed by atoms with van der Waals surface area (Å²) in [5.41, 5.74) is 7.43. The van der Waals surface area contributed by atoms with Crippen LogP contribution in [0.1, 0.15) is 28.8 Å². The SMILES string of the molecule is NC(=O)c1ccc2occ(CCNC(=O)C3CC3)c2c1. The molecule has 0 spiro atoms. The van der Waals surface area contributed by atoms with Gasteiger partial charge in [0.25, 0.3) is 0 Å². The zero-order valence-corrected chi connectivity index (χ0v) is 11.0. The molecular weight excluding hydrogens is 256 g/mol. The van der Waals surface area contributed by atoms with Crippen LogP contribution < -0.4 is 11.1 Å². The molecule has 0 bridgehead atoms. The van der Waals surface area contributed by atoms with Crippen LogP contribution in [0.5, 0.6) is 0 Å². The fraction of sp³-hybridized carbons (Fsp3) is 0.333. The Morgan fingerprint density at radius 2 is 2.15 bits per heavy atom. The van der Waals surface area contributed by atoms with Crippen molar-refractivity contribution in [1.82, 2.24) is 5.32 Å². The van der Waals surface area contributed by atoms with E-state index in [0.29, 0.717) is 18.5 Å². The first-order valence-electron chi connectivity index (χ1n) is 6.73. The van der Waals surface area contributed by atoms with Crippen LogP contribution >= 0.6 is 0 Å². The Hall–Kier alpha value is -2.30. The van der Waals surface area contributed by atoms with Gasteiger partial charge in [-0.2, -0.15) is 0 Å². The molecule has 3 rings (SSSR count). The predicted molar refractivity (Wildman–Crippen MR) is 74.2 cm³/mol. The molecular formula is C15H16N2O3. The highest BCUT2D eigenvalue weighted by molar-refractivity contribution is 5.97. The average molecular weight is 272 g/mol. The van der Waals surface area contributed by atoms with Crippen molar-refractivity contribution in [2.24, 2.45) is 11.7 Å². The fourth-order valence-corrected chi connectivity index (χ4v) is 2.24. The van der Waals surface area contributed by atoms with Crippen molar-refractivity contribution in [2.45, 2.75) is 19.3 Å². The molecule has 0 atom stereocenters. The van der Waals surface area contributed by atoms with Crippen LogP contribution in [0.2, 0.25) is 0 Å². The third kappa shape index (κ3) is 2.52. The van der Waals surface area contributed by atoms with E-state index >= 15 is 0 Å². The Kier molecular flexibility index (Phi) is 3.18. The van der Waals surface area contributed by atoms with Gasteiger partial charge in [-0.25, -0.2) is 0 Å². The van der Waals surface area contributed by atoms with Gasteiger partial charge in [0.1, 0.15) is 5.58 Å². The van der Waals surface area contributed by atoms with Gasteiger partial charge in [-0.15, -0.1) is 0 Å². The van der Waals surface area contributed by atoms with Crippen LogP contribution in [0.3, 0.4) is 0 Å². The molecule has 104 valence electrons. The van der Waals surface area contributed by atoms with E-state index in [-0.39, 0.29) is 11.8 Å². The lowest BCUT2D eigenvalue weighted by Gasteiger charge is -2.03.